The number of hydrogen-bond donors (Lipinski definition) is 1. The van der Waals surface area contributed by atoms with Gasteiger partial charge < -0.3 is 14.5 Å². The van der Waals surface area contributed by atoms with E-state index in [-0.39, 0.29) is 34.9 Å². The van der Waals surface area contributed by atoms with E-state index in [0.717, 1.165) is 0 Å². The second kappa shape index (κ2) is 9.44. The Bertz CT molecular complexity index is 953. The molecule has 0 atom stereocenters. The van der Waals surface area contributed by atoms with Gasteiger partial charge in [0.05, 0.1) is 29.7 Å². The molecule has 2 aromatic rings. The minimum Gasteiger partial charge on any atom is -0.490 e. The van der Waals surface area contributed by atoms with Crippen LogP contribution in [-0.2, 0) is 11.2 Å². The van der Waals surface area contributed by atoms with E-state index in [1.165, 1.54) is 23.9 Å². The normalized spacial score (nSPS) is 10.3. The lowest BCUT2D eigenvalue weighted by Crippen LogP contribution is -2.19. The van der Waals surface area contributed by atoms with Crippen molar-refractivity contribution in [2.45, 2.75) is 31.8 Å². The molecule has 1 aromatic heterocycles. The van der Waals surface area contributed by atoms with Gasteiger partial charge in [0.25, 0.3) is 5.56 Å². The molecule has 1 heterocycles. The molecule has 0 unspecified atom stereocenters. The molecule has 142 valence electrons. The summed E-state index contributed by atoms with van der Waals surface area (Å²) in [4.78, 5) is 31.3. The number of aryl methyl sites for hydroxylation is 1. The number of H-pyrrole nitrogens is 1. The van der Waals surface area contributed by atoms with Crippen LogP contribution < -0.4 is 15.0 Å². The topological polar surface area (TPSA) is 105 Å². The number of nitriles is 1. The van der Waals surface area contributed by atoms with Gasteiger partial charge in [0.1, 0.15) is 0 Å². The first-order chi connectivity index (χ1) is 12.9. The number of thioether (sulfide) groups is 1. The monoisotopic (exact) mass is 407 g/mol. The van der Waals surface area contributed by atoms with Gasteiger partial charge in [0.2, 0.25) is 0 Å². The smallest absolute Gasteiger partial charge is 0.311 e. The van der Waals surface area contributed by atoms with Gasteiger partial charge in [0.15, 0.2) is 16.7 Å². The quantitative estimate of drug-likeness (QED) is 0.325. The molecule has 0 amide bonds. The fourth-order valence-electron chi connectivity index (χ4n) is 2.36. The van der Waals surface area contributed by atoms with E-state index in [0.29, 0.717) is 28.6 Å². The van der Waals surface area contributed by atoms with Crippen molar-refractivity contribution < 1.29 is 14.3 Å². The van der Waals surface area contributed by atoms with Crippen LogP contribution in [0.3, 0.4) is 0 Å². The van der Waals surface area contributed by atoms with E-state index in [1.807, 2.05) is 12.3 Å². The number of aromatic nitrogens is 2. The summed E-state index contributed by atoms with van der Waals surface area (Å²) in [5.74, 6) is -0.297. The Hall–Kier alpha value is -2.50. The number of rotatable bonds is 7. The van der Waals surface area contributed by atoms with E-state index in [1.54, 1.807) is 13.8 Å². The van der Waals surface area contributed by atoms with Crippen molar-refractivity contribution in [1.82, 2.24) is 9.97 Å². The lowest BCUT2D eigenvalue weighted by atomic mass is 10.1. The third kappa shape index (κ3) is 5.25. The molecule has 0 radical (unpaired) electrons. The number of halogens is 1. The Morgan fingerprint density at radius 2 is 2.19 bits per heavy atom. The highest BCUT2D eigenvalue weighted by molar-refractivity contribution is 7.98. The molecule has 0 bridgehead atoms. The van der Waals surface area contributed by atoms with Crippen molar-refractivity contribution in [3.05, 3.63) is 44.3 Å². The van der Waals surface area contributed by atoms with Crippen molar-refractivity contribution in [1.29, 1.82) is 5.26 Å². The average Bonchev–Trinajstić information content (AvgIpc) is 2.63. The summed E-state index contributed by atoms with van der Waals surface area (Å²) >= 11 is 7.45. The first kappa shape index (κ1) is 20.8. The largest absolute Gasteiger partial charge is 0.490 e. The van der Waals surface area contributed by atoms with Crippen LogP contribution in [0.25, 0.3) is 0 Å². The molecule has 0 aliphatic carbocycles. The number of benzene rings is 1. The zero-order valence-electron chi connectivity index (χ0n) is 15.1. The SMILES string of the molecule is CCOc1cc(C#N)cc(Cl)c1OC(=O)CCc1c(C)nc(SC)[nH]c1=O. The summed E-state index contributed by atoms with van der Waals surface area (Å²) in [6.07, 6.45) is 1.96. The number of aromatic amines is 1. The van der Waals surface area contributed by atoms with Crippen LogP contribution in [0.5, 0.6) is 11.5 Å². The molecule has 0 aliphatic rings. The third-order valence-electron chi connectivity index (χ3n) is 3.63. The number of nitrogens with one attached hydrogen (secondary N) is 1. The number of carbonyl (C=O) groups is 1. The number of hydrogen-bond acceptors (Lipinski definition) is 7. The summed E-state index contributed by atoms with van der Waals surface area (Å²) in [7, 11) is 0. The second-order valence-electron chi connectivity index (χ2n) is 5.44. The van der Waals surface area contributed by atoms with Crippen LogP contribution in [0, 0.1) is 18.3 Å². The van der Waals surface area contributed by atoms with Gasteiger partial charge >= 0.3 is 5.97 Å². The van der Waals surface area contributed by atoms with Crippen LogP contribution in [-0.4, -0.2) is 28.8 Å². The molecule has 0 saturated carbocycles. The number of ether oxygens (including phenoxy) is 2. The van der Waals surface area contributed by atoms with Gasteiger partial charge in [-0.05, 0) is 32.6 Å². The molecule has 1 aromatic carbocycles. The first-order valence-corrected chi connectivity index (χ1v) is 9.70. The second-order valence-corrected chi connectivity index (χ2v) is 6.65. The standard InChI is InChI=1S/C18H18ClN3O4S/c1-4-25-14-8-11(9-20)7-13(19)16(14)26-15(23)6-5-12-10(2)21-18(27-3)22-17(12)24/h7-8H,4-6H2,1-3H3,(H,21,22,24). The minimum absolute atomic E-state index is 0.0356. The van der Waals surface area contributed by atoms with Crippen LogP contribution in [0.4, 0.5) is 0 Å². The molecule has 0 aliphatic heterocycles. The molecule has 0 saturated heterocycles. The van der Waals surface area contributed by atoms with Gasteiger partial charge in [0, 0.05) is 17.3 Å². The minimum atomic E-state index is -0.574. The molecule has 0 spiro atoms. The molecule has 2 rings (SSSR count). The Morgan fingerprint density at radius 3 is 2.78 bits per heavy atom. The maximum absolute atomic E-state index is 12.3. The van der Waals surface area contributed by atoms with Crippen LogP contribution >= 0.6 is 23.4 Å². The van der Waals surface area contributed by atoms with Crippen molar-refractivity contribution in [2.75, 3.05) is 12.9 Å². The zero-order chi connectivity index (χ0) is 20.0. The predicted molar refractivity (Wildman–Crippen MR) is 103 cm³/mol. The van der Waals surface area contributed by atoms with E-state index >= 15 is 0 Å². The van der Waals surface area contributed by atoms with Crippen molar-refractivity contribution >= 4 is 29.3 Å². The number of nitrogens with zero attached hydrogens (tertiary/aromatic N) is 2. The van der Waals surface area contributed by atoms with Crippen molar-refractivity contribution in [2.24, 2.45) is 0 Å². The van der Waals surface area contributed by atoms with Gasteiger partial charge in [-0.25, -0.2) is 4.98 Å². The lowest BCUT2D eigenvalue weighted by Gasteiger charge is -2.13. The first-order valence-electron chi connectivity index (χ1n) is 8.10. The molecule has 9 heteroatoms. The Kier molecular flexibility index (Phi) is 7.28. The molecule has 1 N–H and O–H groups in total. The third-order valence-corrected chi connectivity index (χ3v) is 4.49. The maximum Gasteiger partial charge on any atom is 0.311 e. The number of esters is 1. The van der Waals surface area contributed by atoms with Crippen molar-refractivity contribution in [3.8, 4) is 17.6 Å². The summed E-state index contributed by atoms with van der Waals surface area (Å²) in [6.45, 7) is 3.80. The highest BCUT2D eigenvalue weighted by Gasteiger charge is 2.18. The molecular formula is C18H18ClN3O4S. The zero-order valence-corrected chi connectivity index (χ0v) is 16.7. The fraction of sp³-hybridized carbons (Fsp3) is 0.333. The van der Waals surface area contributed by atoms with Crippen LogP contribution in [0.15, 0.2) is 22.1 Å². The highest BCUT2D eigenvalue weighted by atomic mass is 35.5. The Balaban J connectivity index is 2.15. The average molecular weight is 408 g/mol. The fourth-order valence-corrected chi connectivity index (χ4v) is 3.03. The molecular weight excluding hydrogens is 390 g/mol. The molecule has 7 nitrogen and oxygen atoms in total. The summed E-state index contributed by atoms with van der Waals surface area (Å²) in [5, 5.41) is 9.64. The number of carbonyl (C=O) groups excluding carboxylic acids is 1. The van der Waals surface area contributed by atoms with Gasteiger partial charge in [-0.2, -0.15) is 5.26 Å². The van der Waals surface area contributed by atoms with Crippen molar-refractivity contribution in [3.63, 3.8) is 0 Å². The predicted octanol–water partition coefficient (Wildman–Crippen LogP) is 3.26. The van der Waals surface area contributed by atoms with E-state index in [4.69, 9.17) is 26.3 Å². The Morgan fingerprint density at radius 1 is 1.44 bits per heavy atom. The maximum atomic E-state index is 12.3. The molecule has 27 heavy (non-hydrogen) atoms. The lowest BCUT2D eigenvalue weighted by molar-refractivity contribution is -0.134. The van der Waals surface area contributed by atoms with E-state index < -0.39 is 5.97 Å². The summed E-state index contributed by atoms with van der Waals surface area (Å²) in [5.41, 5.74) is 1.03. The summed E-state index contributed by atoms with van der Waals surface area (Å²) < 4.78 is 10.7. The highest BCUT2D eigenvalue weighted by Crippen LogP contribution is 2.36. The van der Waals surface area contributed by atoms with Crippen LogP contribution in [0.2, 0.25) is 5.02 Å². The van der Waals surface area contributed by atoms with E-state index in [9.17, 15) is 9.59 Å². The van der Waals surface area contributed by atoms with Crippen LogP contribution in [0.1, 0.15) is 30.2 Å². The Labute approximate surface area is 165 Å². The van der Waals surface area contributed by atoms with E-state index in [2.05, 4.69) is 9.97 Å². The van der Waals surface area contributed by atoms with Gasteiger partial charge in [-0.1, -0.05) is 23.4 Å². The van der Waals surface area contributed by atoms with Gasteiger partial charge in [-0.3, -0.25) is 9.59 Å². The summed E-state index contributed by atoms with van der Waals surface area (Å²) in [6, 6.07) is 4.82. The molecule has 0 fully saturated rings. The van der Waals surface area contributed by atoms with Gasteiger partial charge in [-0.15, -0.1) is 0 Å².